The van der Waals surface area contributed by atoms with Crippen molar-refractivity contribution in [3.63, 3.8) is 0 Å². The summed E-state index contributed by atoms with van der Waals surface area (Å²) in [5.74, 6) is -1.18. The quantitative estimate of drug-likeness (QED) is 0.484. The zero-order chi connectivity index (χ0) is 11.7. The van der Waals surface area contributed by atoms with Crippen LogP contribution in [0.4, 0.5) is 0 Å². The van der Waals surface area contributed by atoms with Crippen LogP contribution < -0.4 is 0 Å². The Kier molecular flexibility index (Phi) is 6.92. The zero-order valence-corrected chi connectivity index (χ0v) is 8.35. The number of carbonyl (C=O) groups is 2. The number of aliphatic hydroxyl groups is 1. The molecule has 0 heterocycles. The maximum Gasteiger partial charge on any atom is 0.330 e. The van der Waals surface area contributed by atoms with Crippen LogP contribution in [0.2, 0.25) is 0 Å². The van der Waals surface area contributed by atoms with Crippen LogP contribution in [0, 0.1) is 0 Å². The van der Waals surface area contributed by atoms with Crippen LogP contribution in [-0.2, 0) is 19.1 Å². The monoisotopic (exact) mass is 214 g/mol. The van der Waals surface area contributed by atoms with E-state index < -0.39 is 18.0 Å². The van der Waals surface area contributed by atoms with Crippen molar-refractivity contribution < 1.29 is 24.2 Å². The Morgan fingerprint density at radius 3 is 2.33 bits per heavy atom. The summed E-state index contributed by atoms with van der Waals surface area (Å²) >= 11 is 0. The van der Waals surface area contributed by atoms with Gasteiger partial charge in [-0.2, -0.15) is 0 Å². The molecule has 5 heteroatoms. The minimum absolute atomic E-state index is 0.0561. The largest absolute Gasteiger partial charge is 0.462 e. The predicted octanol–water partition coefficient (Wildman–Crippen LogP) is 0.196. The zero-order valence-electron chi connectivity index (χ0n) is 8.35. The Morgan fingerprint density at radius 1 is 1.27 bits per heavy atom. The van der Waals surface area contributed by atoms with Gasteiger partial charge < -0.3 is 14.6 Å². The molecule has 0 aromatic heterocycles. The number of carbonyl (C=O) groups excluding carboxylic acids is 2. The molecule has 15 heavy (non-hydrogen) atoms. The molecule has 0 aliphatic heterocycles. The van der Waals surface area contributed by atoms with Crippen molar-refractivity contribution in [3.05, 3.63) is 25.3 Å². The fourth-order valence-electron chi connectivity index (χ4n) is 0.750. The second-order valence-corrected chi connectivity index (χ2v) is 2.61. The molecular weight excluding hydrogens is 200 g/mol. The molecule has 0 aliphatic rings. The second kappa shape index (κ2) is 7.75. The van der Waals surface area contributed by atoms with E-state index in [4.69, 9.17) is 9.84 Å². The summed E-state index contributed by atoms with van der Waals surface area (Å²) in [6.07, 6.45) is 1.57. The van der Waals surface area contributed by atoms with E-state index in [0.29, 0.717) is 0 Å². The Labute approximate surface area is 88.0 Å². The number of aliphatic hydroxyl groups excluding tert-OH is 1. The molecular formula is C10H14O5. The minimum Gasteiger partial charge on any atom is -0.462 e. The molecule has 1 N–H and O–H groups in total. The molecule has 0 aromatic carbocycles. The molecule has 0 aliphatic carbocycles. The third-order valence-electron chi connectivity index (χ3n) is 1.50. The SMILES string of the molecule is C=CC(=O)OCCC(CO)OC(=O)C=C. The van der Waals surface area contributed by atoms with Crippen LogP contribution >= 0.6 is 0 Å². The number of esters is 2. The van der Waals surface area contributed by atoms with Crippen LogP contribution in [-0.4, -0.2) is 36.4 Å². The highest BCUT2D eigenvalue weighted by Crippen LogP contribution is 1.99. The first kappa shape index (κ1) is 13.4. The van der Waals surface area contributed by atoms with Gasteiger partial charge in [0.1, 0.15) is 6.10 Å². The topological polar surface area (TPSA) is 72.8 Å². The Balaban J connectivity index is 3.79. The fraction of sp³-hybridized carbons (Fsp3) is 0.400. The van der Waals surface area contributed by atoms with Gasteiger partial charge in [-0.15, -0.1) is 0 Å². The maximum absolute atomic E-state index is 10.8. The summed E-state index contributed by atoms with van der Waals surface area (Å²) in [5, 5.41) is 8.82. The van der Waals surface area contributed by atoms with Gasteiger partial charge in [-0.25, -0.2) is 9.59 Å². The smallest absolute Gasteiger partial charge is 0.330 e. The summed E-state index contributed by atoms with van der Waals surface area (Å²) in [6.45, 7) is 6.16. The molecule has 0 amide bonds. The van der Waals surface area contributed by atoms with Crippen LogP contribution in [0.15, 0.2) is 25.3 Å². The Hall–Kier alpha value is -1.62. The number of rotatable bonds is 7. The number of hydrogen-bond acceptors (Lipinski definition) is 5. The van der Waals surface area contributed by atoms with Gasteiger partial charge in [0.2, 0.25) is 0 Å². The molecule has 0 aromatic rings. The predicted molar refractivity (Wildman–Crippen MR) is 52.9 cm³/mol. The molecule has 0 rings (SSSR count). The summed E-state index contributed by atoms with van der Waals surface area (Å²) in [4.78, 5) is 21.4. The molecule has 0 radical (unpaired) electrons. The molecule has 0 saturated heterocycles. The lowest BCUT2D eigenvalue weighted by Crippen LogP contribution is -2.23. The molecule has 0 saturated carbocycles. The third kappa shape index (κ3) is 6.45. The van der Waals surface area contributed by atoms with Crippen molar-refractivity contribution in [1.82, 2.24) is 0 Å². The lowest BCUT2D eigenvalue weighted by molar-refractivity contribution is -0.147. The third-order valence-corrected chi connectivity index (χ3v) is 1.50. The highest BCUT2D eigenvalue weighted by atomic mass is 16.6. The van der Waals surface area contributed by atoms with E-state index >= 15 is 0 Å². The summed E-state index contributed by atoms with van der Waals surface area (Å²) in [6, 6.07) is 0. The number of ether oxygens (including phenoxy) is 2. The van der Waals surface area contributed by atoms with E-state index in [0.717, 1.165) is 12.2 Å². The molecule has 0 bridgehead atoms. The summed E-state index contributed by atoms with van der Waals surface area (Å²) in [5.41, 5.74) is 0. The summed E-state index contributed by atoms with van der Waals surface area (Å²) in [7, 11) is 0. The number of hydrogen-bond donors (Lipinski definition) is 1. The lowest BCUT2D eigenvalue weighted by atomic mass is 10.3. The highest BCUT2D eigenvalue weighted by molar-refractivity contribution is 5.81. The fourth-order valence-corrected chi connectivity index (χ4v) is 0.750. The van der Waals surface area contributed by atoms with Crippen molar-refractivity contribution in [2.75, 3.05) is 13.2 Å². The molecule has 1 unspecified atom stereocenters. The summed E-state index contributed by atoms with van der Waals surface area (Å²) < 4.78 is 9.39. The molecule has 5 nitrogen and oxygen atoms in total. The van der Waals surface area contributed by atoms with E-state index in [9.17, 15) is 9.59 Å². The lowest BCUT2D eigenvalue weighted by Gasteiger charge is -2.13. The molecule has 84 valence electrons. The van der Waals surface area contributed by atoms with E-state index in [-0.39, 0.29) is 19.6 Å². The molecule has 0 fully saturated rings. The van der Waals surface area contributed by atoms with Crippen molar-refractivity contribution in [3.8, 4) is 0 Å². The van der Waals surface area contributed by atoms with Gasteiger partial charge in [-0.3, -0.25) is 0 Å². The van der Waals surface area contributed by atoms with Crippen LogP contribution in [0.5, 0.6) is 0 Å². The average molecular weight is 214 g/mol. The first-order valence-electron chi connectivity index (χ1n) is 4.37. The van der Waals surface area contributed by atoms with Gasteiger partial charge in [0.25, 0.3) is 0 Å². The van der Waals surface area contributed by atoms with Gasteiger partial charge in [-0.05, 0) is 0 Å². The van der Waals surface area contributed by atoms with Crippen LogP contribution in [0.1, 0.15) is 6.42 Å². The minimum atomic E-state index is -0.687. The van der Waals surface area contributed by atoms with E-state index in [2.05, 4.69) is 17.9 Å². The van der Waals surface area contributed by atoms with Crippen molar-refractivity contribution in [2.24, 2.45) is 0 Å². The van der Waals surface area contributed by atoms with Gasteiger partial charge in [0.05, 0.1) is 13.2 Å². The Morgan fingerprint density at radius 2 is 1.87 bits per heavy atom. The maximum atomic E-state index is 10.8. The van der Waals surface area contributed by atoms with Gasteiger partial charge in [0, 0.05) is 18.6 Å². The van der Waals surface area contributed by atoms with E-state index in [1.165, 1.54) is 0 Å². The van der Waals surface area contributed by atoms with Crippen molar-refractivity contribution in [1.29, 1.82) is 0 Å². The first-order chi connectivity index (χ1) is 7.13. The van der Waals surface area contributed by atoms with E-state index in [1.54, 1.807) is 0 Å². The normalized spacial score (nSPS) is 11.3. The van der Waals surface area contributed by atoms with Gasteiger partial charge in [-0.1, -0.05) is 13.2 Å². The second-order valence-electron chi connectivity index (χ2n) is 2.61. The van der Waals surface area contributed by atoms with Crippen LogP contribution in [0.25, 0.3) is 0 Å². The Bertz CT molecular complexity index is 246. The highest BCUT2D eigenvalue weighted by Gasteiger charge is 2.11. The van der Waals surface area contributed by atoms with Crippen molar-refractivity contribution >= 4 is 11.9 Å². The van der Waals surface area contributed by atoms with Crippen LogP contribution in [0.3, 0.4) is 0 Å². The van der Waals surface area contributed by atoms with Gasteiger partial charge >= 0.3 is 11.9 Å². The molecule has 0 spiro atoms. The average Bonchev–Trinajstić information content (AvgIpc) is 2.26. The van der Waals surface area contributed by atoms with E-state index in [1.807, 2.05) is 0 Å². The van der Waals surface area contributed by atoms with Gasteiger partial charge in [0.15, 0.2) is 0 Å². The van der Waals surface area contributed by atoms with Crippen molar-refractivity contribution in [2.45, 2.75) is 12.5 Å². The molecule has 1 atom stereocenters. The standard InChI is InChI=1S/C10H14O5/c1-3-9(12)14-6-5-8(7-11)15-10(13)4-2/h3-4,8,11H,1-2,5-7H2. The first-order valence-corrected chi connectivity index (χ1v) is 4.37.